The Bertz CT molecular complexity index is 921. The second-order valence-corrected chi connectivity index (χ2v) is 6.05. The van der Waals surface area contributed by atoms with Gasteiger partial charge in [-0.15, -0.1) is 10.2 Å². The molecule has 1 aliphatic heterocycles. The first-order chi connectivity index (χ1) is 11.6. The fraction of sp³-hybridized carbons (Fsp3) is 0.235. The van der Waals surface area contributed by atoms with E-state index < -0.39 is 0 Å². The van der Waals surface area contributed by atoms with Gasteiger partial charge in [0.2, 0.25) is 0 Å². The van der Waals surface area contributed by atoms with Gasteiger partial charge in [0.25, 0.3) is 5.91 Å². The number of carbonyl (C=O) groups excluding carboxylic acids is 1. The molecule has 24 heavy (non-hydrogen) atoms. The Morgan fingerprint density at radius 1 is 1.17 bits per heavy atom. The number of nitrogens with zero attached hydrogens (tertiary/aromatic N) is 5. The highest BCUT2D eigenvalue weighted by molar-refractivity contribution is 6.07. The lowest BCUT2D eigenvalue weighted by Crippen LogP contribution is -2.49. The second kappa shape index (κ2) is 5.52. The van der Waals surface area contributed by atoms with E-state index in [0.29, 0.717) is 28.3 Å². The Kier molecular flexibility index (Phi) is 3.34. The summed E-state index contributed by atoms with van der Waals surface area (Å²) in [4.78, 5) is 22.7. The topological polar surface area (TPSA) is 97.9 Å². The molecule has 0 bridgehead atoms. The van der Waals surface area contributed by atoms with Gasteiger partial charge < -0.3 is 10.6 Å². The van der Waals surface area contributed by atoms with Crippen molar-refractivity contribution in [1.29, 1.82) is 0 Å². The van der Waals surface area contributed by atoms with Crippen LogP contribution in [0.5, 0.6) is 0 Å². The molecule has 0 spiro atoms. The van der Waals surface area contributed by atoms with E-state index >= 15 is 0 Å². The summed E-state index contributed by atoms with van der Waals surface area (Å²) in [5.41, 5.74) is 8.12. The number of nitrogen functional groups attached to an aromatic ring is 1. The number of nitrogens with two attached hydrogens (primary N) is 1. The normalized spacial score (nSPS) is 14.6. The number of likely N-dealkylation sites (tertiary alicyclic amines) is 1. The van der Waals surface area contributed by atoms with Gasteiger partial charge in [-0.3, -0.25) is 4.79 Å². The van der Waals surface area contributed by atoms with Crippen LogP contribution < -0.4 is 5.73 Å². The Labute approximate surface area is 138 Å². The molecule has 0 atom stereocenters. The van der Waals surface area contributed by atoms with Crippen LogP contribution in [0.2, 0.25) is 0 Å². The summed E-state index contributed by atoms with van der Waals surface area (Å²) in [5, 5.41) is 9.03. The van der Waals surface area contributed by atoms with E-state index in [0.717, 1.165) is 18.7 Å². The van der Waals surface area contributed by atoms with Crippen molar-refractivity contribution < 1.29 is 4.79 Å². The van der Waals surface area contributed by atoms with E-state index in [1.165, 1.54) is 0 Å². The van der Waals surface area contributed by atoms with E-state index in [-0.39, 0.29) is 11.6 Å². The predicted octanol–water partition coefficient (Wildman–Crippen LogP) is 1.76. The van der Waals surface area contributed by atoms with Crippen LogP contribution in [0.15, 0.2) is 36.7 Å². The third-order valence-electron chi connectivity index (χ3n) is 4.19. The van der Waals surface area contributed by atoms with Gasteiger partial charge in [-0.1, -0.05) is 19.1 Å². The smallest absolute Gasteiger partial charge is 0.276 e. The summed E-state index contributed by atoms with van der Waals surface area (Å²) < 4.78 is 0. The Morgan fingerprint density at radius 2 is 1.92 bits per heavy atom. The van der Waals surface area contributed by atoms with Crippen LogP contribution in [0, 0.1) is 5.92 Å². The van der Waals surface area contributed by atoms with E-state index in [4.69, 9.17) is 5.73 Å². The van der Waals surface area contributed by atoms with Crippen molar-refractivity contribution in [3.05, 3.63) is 42.4 Å². The highest BCUT2D eigenvalue weighted by Gasteiger charge is 2.30. The first kappa shape index (κ1) is 14.5. The predicted molar refractivity (Wildman–Crippen MR) is 90.0 cm³/mol. The lowest BCUT2D eigenvalue weighted by Gasteiger charge is -2.36. The minimum Gasteiger partial charge on any atom is -0.396 e. The monoisotopic (exact) mass is 320 g/mol. The average molecular weight is 320 g/mol. The zero-order valence-corrected chi connectivity index (χ0v) is 13.2. The summed E-state index contributed by atoms with van der Waals surface area (Å²) >= 11 is 0. The van der Waals surface area contributed by atoms with E-state index in [2.05, 4.69) is 27.1 Å². The Balaban J connectivity index is 1.82. The number of hydrogen-bond donors (Lipinski definition) is 1. The minimum atomic E-state index is -0.165. The van der Waals surface area contributed by atoms with Crippen LogP contribution in [0.3, 0.4) is 0 Å². The molecule has 7 heteroatoms. The summed E-state index contributed by atoms with van der Waals surface area (Å²) in [5.74, 6) is 0.902. The first-order valence-electron chi connectivity index (χ1n) is 7.76. The van der Waals surface area contributed by atoms with Gasteiger partial charge >= 0.3 is 0 Å². The van der Waals surface area contributed by atoms with Crippen molar-refractivity contribution in [2.45, 2.75) is 6.92 Å². The van der Waals surface area contributed by atoms with E-state index in [1.807, 2.05) is 18.2 Å². The van der Waals surface area contributed by atoms with Gasteiger partial charge in [-0.25, -0.2) is 9.97 Å². The van der Waals surface area contributed by atoms with Gasteiger partial charge in [-0.2, -0.15) is 0 Å². The summed E-state index contributed by atoms with van der Waals surface area (Å²) in [6.45, 7) is 3.57. The molecule has 2 N–H and O–H groups in total. The maximum atomic E-state index is 12.5. The van der Waals surface area contributed by atoms with Gasteiger partial charge in [0, 0.05) is 36.4 Å². The summed E-state index contributed by atoms with van der Waals surface area (Å²) in [6.07, 6.45) is 3.34. The third kappa shape index (κ3) is 2.25. The maximum absolute atomic E-state index is 12.5. The third-order valence-corrected chi connectivity index (χ3v) is 4.19. The van der Waals surface area contributed by atoms with Gasteiger partial charge in [-0.05, 0) is 18.1 Å². The average Bonchev–Trinajstić information content (AvgIpc) is 2.59. The number of carbonyl (C=O) groups is 1. The number of amides is 1. The number of hydrogen-bond acceptors (Lipinski definition) is 6. The first-order valence-corrected chi connectivity index (χ1v) is 7.76. The lowest BCUT2D eigenvalue weighted by atomic mass is 10.0. The van der Waals surface area contributed by atoms with Gasteiger partial charge in [0.15, 0.2) is 11.5 Å². The van der Waals surface area contributed by atoms with Crippen LogP contribution >= 0.6 is 0 Å². The van der Waals surface area contributed by atoms with Crippen LogP contribution in [0.25, 0.3) is 22.3 Å². The molecule has 0 saturated carbocycles. The Hall–Kier alpha value is -3.09. The highest BCUT2D eigenvalue weighted by atomic mass is 16.2. The number of rotatable bonds is 2. The largest absolute Gasteiger partial charge is 0.396 e. The molecular weight excluding hydrogens is 304 g/mol. The van der Waals surface area contributed by atoms with Gasteiger partial charge in [0.05, 0.1) is 5.69 Å². The molecule has 0 aliphatic carbocycles. The molecule has 3 heterocycles. The molecular formula is C17H16N6O. The van der Waals surface area contributed by atoms with Crippen molar-refractivity contribution in [2.75, 3.05) is 18.8 Å². The minimum absolute atomic E-state index is 0.165. The summed E-state index contributed by atoms with van der Waals surface area (Å²) in [7, 11) is 0. The molecule has 1 amide bonds. The number of fused-ring (bicyclic) bond motifs is 1. The molecule has 1 fully saturated rings. The molecule has 1 aromatic carbocycles. The number of anilines is 1. The van der Waals surface area contributed by atoms with Crippen LogP contribution in [0.4, 0.5) is 5.69 Å². The zero-order valence-electron chi connectivity index (χ0n) is 13.2. The number of aromatic nitrogens is 4. The summed E-state index contributed by atoms with van der Waals surface area (Å²) in [6, 6.07) is 7.30. The zero-order chi connectivity index (χ0) is 16.7. The van der Waals surface area contributed by atoms with Gasteiger partial charge in [0.1, 0.15) is 5.52 Å². The van der Waals surface area contributed by atoms with Crippen molar-refractivity contribution in [3.63, 3.8) is 0 Å². The van der Waals surface area contributed by atoms with Crippen molar-refractivity contribution in [1.82, 2.24) is 25.1 Å². The second-order valence-electron chi connectivity index (χ2n) is 6.05. The van der Waals surface area contributed by atoms with Crippen molar-refractivity contribution in [3.8, 4) is 11.4 Å². The fourth-order valence-electron chi connectivity index (χ4n) is 2.94. The number of benzene rings is 1. The molecule has 1 aliphatic rings. The van der Waals surface area contributed by atoms with Crippen LogP contribution in [-0.2, 0) is 0 Å². The standard InChI is InChI=1S/C17H16N6O/c1-10-8-23(9-10)17(24)15-13(18)11-4-2-5-12(14(11)21-22-15)16-19-6-3-7-20-16/h2-7,10H,8-9H2,1H3,(H2,18,21). The molecule has 7 nitrogen and oxygen atoms in total. The lowest BCUT2D eigenvalue weighted by molar-refractivity contribution is 0.0524. The SMILES string of the molecule is CC1CN(C(=O)c2nnc3c(-c4ncccn4)cccc3c2N)C1. The molecule has 3 aromatic rings. The quantitative estimate of drug-likeness (QED) is 0.772. The van der Waals surface area contributed by atoms with Crippen LogP contribution in [-0.4, -0.2) is 44.1 Å². The van der Waals surface area contributed by atoms with Crippen molar-refractivity contribution >= 4 is 22.5 Å². The molecule has 120 valence electrons. The molecule has 2 aromatic heterocycles. The fourth-order valence-corrected chi connectivity index (χ4v) is 2.94. The molecule has 0 unspecified atom stereocenters. The maximum Gasteiger partial charge on any atom is 0.276 e. The van der Waals surface area contributed by atoms with E-state index in [1.54, 1.807) is 23.4 Å². The van der Waals surface area contributed by atoms with Crippen LogP contribution in [0.1, 0.15) is 17.4 Å². The molecule has 0 radical (unpaired) electrons. The molecule has 4 rings (SSSR count). The van der Waals surface area contributed by atoms with Crippen molar-refractivity contribution in [2.24, 2.45) is 5.92 Å². The Morgan fingerprint density at radius 3 is 2.62 bits per heavy atom. The van der Waals surface area contributed by atoms with E-state index in [9.17, 15) is 4.79 Å². The molecule has 1 saturated heterocycles. The highest BCUT2D eigenvalue weighted by Crippen LogP contribution is 2.30.